The van der Waals surface area contributed by atoms with E-state index in [0.29, 0.717) is 12.5 Å². The molecule has 1 N–H and O–H groups in total. The van der Waals surface area contributed by atoms with Crippen LogP contribution in [0, 0.1) is 5.41 Å². The normalized spacial score (nSPS) is 13.2. The Labute approximate surface area is 115 Å². The van der Waals surface area contributed by atoms with Crippen LogP contribution in [0.4, 0.5) is 5.82 Å². The zero-order valence-electron chi connectivity index (χ0n) is 11.7. The van der Waals surface area contributed by atoms with E-state index in [1.807, 2.05) is 19.1 Å². The predicted molar refractivity (Wildman–Crippen MR) is 77.6 cm³/mol. The van der Waals surface area contributed by atoms with Crippen molar-refractivity contribution < 1.29 is 4.74 Å². The standard InChI is InChI=1S/C14H23ClN2O/c1-5-18-11-7-6-10-16-13(11)17-12(8-9-15)14(2,3)4/h6-7,10,12H,5,8-9H2,1-4H3,(H,16,17). The van der Waals surface area contributed by atoms with Crippen molar-refractivity contribution in [3.05, 3.63) is 18.3 Å². The Kier molecular flexibility index (Phi) is 5.73. The lowest BCUT2D eigenvalue weighted by molar-refractivity contribution is 0.324. The monoisotopic (exact) mass is 270 g/mol. The summed E-state index contributed by atoms with van der Waals surface area (Å²) in [7, 11) is 0. The third kappa shape index (κ3) is 4.37. The van der Waals surface area contributed by atoms with E-state index in [1.54, 1.807) is 6.20 Å². The lowest BCUT2D eigenvalue weighted by Crippen LogP contribution is -2.34. The topological polar surface area (TPSA) is 34.1 Å². The van der Waals surface area contributed by atoms with Crippen LogP contribution in [0.1, 0.15) is 34.1 Å². The Morgan fingerprint density at radius 2 is 2.17 bits per heavy atom. The van der Waals surface area contributed by atoms with Crippen LogP contribution in [0.2, 0.25) is 0 Å². The number of anilines is 1. The fourth-order valence-corrected chi connectivity index (χ4v) is 1.98. The van der Waals surface area contributed by atoms with Crippen molar-refractivity contribution in [3.8, 4) is 5.75 Å². The van der Waals surface area contributed by atoms with Gasteiger partial charge in [0.05, 0.1) is 6.61 Å². The molecule has 1 heterocycles. The number of rotatable bonds is 6. The average Bonchev–Trinajstić information content (AvgIpc) is 2.30. The lowest BCUT2D eigenvalue weighted by atomic mass is 9.85. The van der Waals surface area contributed by atoms with Gasteiger partial charge in [0.15, 0.2) is 11.6 Å². The third-order valence-corrected chi connectivity index (χ3v) is 3.04. The van der Waals surface area contributed by atoms with E-state index in [9.17, 15) is 0 Å². The highest BCUT2D eigenvalue weighted by atomic mass is 35.5. The summed E-state index contributed by atoms with van der Waals surface area (Å²) in [4.78, 5) is 4.35. The zero-order valence-corrected chi connectivity index (χ0v) is 12.4. The Morgan fingerprint density at radius 3 is 2.72 bits per heavy atom. The molecule has 0 spiro atoms. The molecule has 1 aromatic heterocycles. The van der Waals surface area contributed by atoms with Crippen molar-refractivity contribution in [2.75, 3.05) is 17.8 Å². The van der Waals surface area contributed by atoms with E-state index >= 15 is 0 Å². The molecule has 0 saturated heterocycles. The van der Waals surface area contributed by atoms with Gasteiger partial charge >= 0.3 is 0 Å². The second-order valence-corrected chi connectivity index (χ2v) is 5.70. The highest BCUT2D eigenvalue weighted by Gasteiger charge is 2.25. The fraction of sp³-hybridized carbons (Fsp3) is 0.643. The SMILES string of the molecule is CCOc1cccnc1NC(CCCl)C(C)(C)C. The van der Waals surface area contributed by atoms with Crippen molar-refractivity contribution in [1.29, 1.82) is 0 Å². The number of pyridine rings is 1. The van der Waals surface area contributed by atoms with Crippen LogP contribution in [0.5, 0.6) is 5.75 Å². The van der Waals surface area contributed by atoms with Gasteiger partial charge in [0.25, 0.3) is 0 Å². The highest BCUT2D eigenvalue weighted by Crippen LogP contribution is 2.29. The fourth-order valence-electron chi connectivity index (χ4n) is 1.77. The first-order chi connectivity index (χ1) is 8.49. The van der Waals surface area contributed by atoms with Crippen LogP contribution in [0.15, 0.2) is 18.3 Å². The Morgan fingerprint density at radius 1 is 1.44 bits per heavy atom. The second-order valence-electron chi connectivity index (χ2n) is 5.32. The maximum Gasteiger partial charge on any atom is 0.168 e. The first-order valence-electron chi connectivity index (χ1n) is 6.39. The highest BCUT2D eigenvalue weighted by molar-refractivity contribution is 6.17. The third-order valence-electron chi connectivity index (χ3n) is 2.82. The molecule has 0 amide bonds. The quantitative estimate of drug-likeness (QED) is 0.795. The van der Waals surface area contributed by atoms with E-state index in [-0.39, 0.29) is 11.5 Å². The van der Waals surface area contributed by atoms with Gasteiger partial charge in [0.2, 0.25) is 0 Å². The van der Waals surface area contributed by atoms with Crippen LogP contribution >= 0.6 is 11.6 Å². The molecule has 0 aromatic carbocycles. The van der Waals surface area contributed by atoms with Crippen LogP contribution in [-0.4, -0.2) is 23.5 Å². The first kappa shape index (κ1) is 15.1. The Balaban J connectivity index is 2.86. The van der Waals surface area contributed by atoms with Gasteiger partial charge in [-0.1, -0.05) is 20.8 Å². The van der Waals surface area contributed by atoms with Gasteiger partial charge in [0, 0.05) is 18.1 Å². The minimum atomic E-state index is 0.121. The molecule has 0 radical (unpaired) electrons. The average molecular weight is 271 g/mol. The second kappa shape index (κ2) is 6.83. The summed E-state index contributed by atoms with van der Waals surface area (Å²) in [6.45, 7) is 9.19. The number of aromatic nitrogens is 1. The van der Waals surface area contributed by atoms with Gasteiger partial charge in [-0.2, -0.15) is 0 Å². The largest absolute Gasteiger partial charge is 0.490 e. The summed E-state index contributed by atoms with van der Waals surface area (Å²) >= 11 is 5.88. The lowest BCUT2D eigenvalue weighted by Gasteiger charge is -2.32. The van der Waals surface area contributed by atoms with Crippen molar-refractivity contribution in [2.45, 2.75) is 40.2 Å². The molecule has 3 nitrogen and oxygen atoms in total. The van der Waals surface area contributed by atoms with E-state index in [2.05, 4.69) is 31.1 Å². The van der Waals surface area contributed by atoms with Gasteiger partial charge in [-0.3, -0.25) is 0 Å². The van der Waals surface area contributed by atoms with Gasteiger partial charge in [-0.15, -0.1) is 11.6 Å². The molecule has 0 aliphatic rings. The van der Waals surface area contributed by atoms with Gasteiger partial charge in [-0.05, 0) is 30.9 Å². The molecule has 0 bridgehead atoms. The molecule has 1 atom stereocenters. The molecular weight excluding hydrogens is 248 g/mol. The number of alkyl halides is 1. The molecule has 1 rings (SSSR count). The van der Waals surface area contributed by atoms with Crippen molar-refractivity contribution >= 4 is 17.4 Å². The Hall–Kier alpha value is -0.960. The molecule has 0 aliphatic carbocycles. The minimum Gasteiger partial charge on any atom is -0.490 e. The van der Waals surface area contributed by atoms with E-state index in [4.69, 9.17) is 16.3 Å². The number of hydrogen-bond donors (Lipinski definition) is 1. The van der Waals surface area contributed by atoms with Crippen LogP contribution < -0.4 is 10.1 Å². The summed E-state index contributed by atoms with van der Waals surface area (Å²) in [5.41, 5.74) is 0.121. The van der Waals surface area contributed by atoms with Crippen LogP contribution in [-0.2, 0) is 0 Å². The van der Waals surface area contributed by atoms with Crippen molar-refractivity contribution in [1.82, 2.24) is 4.98 Å². The predicted octanol–water partition coefficient (Wildman–Crippen LogP) is 3.94. The molecule has 0 saturated carbocycles. The van der Waals surface area contributed by atoms with E-state index < -0.39 is 0 Å². The van der Waals surface area contributed by atoms with Gasteiger partial charge < -0.3 is 10.1 Å². The summed E-state index contributed by atoms with van der Waals surface area (Å²) in [6.07, 6.45) is 2.67. The summed E-state index contributed by atoms with van der Waals surface area (Å²) in [5.74, 6) is 2.22. The summed E-state index contributed by atoms with van der Waals surface area (Å²) in [6, 6.07) is 4.08. The number of ether oxygens (including phenoxy) is 1. The first-order valence-corrected chi connectivity index (χ1v) is 6.92. The summed E-state index contributed by atoms with van der Waals surface area (Å²) < 4.78 is 5.57. The summed E-state index contributed by atoms with van der Waals surface area (Å²) in [5, 5.41) is 3.45. The molecule has 0 fully saturated rings. The molecular formula is C14H23ClN2O. The molecule has 1 aromatic rings. The number of hydrogen-bond acceptors (Lipinski definition) is 3. The van der Waals surface area contributed by atoms with Crippen molar-refractivity contribution in [3.63, 3.8) is 0 Å². The maximum atomic E-state index is 5.88. The number of nitrogens with one attached hydrogen (secondary N) is 1. The number of nitrogens with zero attached hydrogens (tertiary/aromatic N) is 1. The Bertz CT molecular complexity index is 363. The molecule has 0 aliphatic heterocycles. The van der Waals surface area contributed by atoms with Crippen LogP contribution in [0.3, 0.4) is 0 Å². The van der Waals surface area contributed by atoms with Gasteiger partial charge in [0.1, 0.15) is 0 Å². The van der Waals surface area contributed by atoms with E-state index in [1.165, 1.54) is 0 Å². The molecule has 102 valence electrons. The zero-order chi connectivity index (χ0) is 13.6. The molecule has 1 unspecified atom stereocenters. The number of halogens is 1. The molecule has 18 heavy (non-hydrogen) atoms. The maximum absolute atomic E-state index is 5.88. The van der Waals surface area contributed by atoms with E-state index in [0.717, 1.165) is 18.0 Å². The van der Waals surface area contributed by atoms with Gasteiger partial charge in [-0.25, -0.2) is 4.98 Å². The van der Waals surface area contributed by atoms with Crippen molar-refractivity contribution in [2.24, 2.45) is 5.41 Å². The molecule has 4 heteroatoms. The smallest absolute Gasteiger partial charge is 0.168 e. The van der Waals surface area contributed by atoms with Crippen LogP contribution in [0.25, 0.3) is 0 Å². The minimum absolute atomic E-state index is 0.121.